The highest BCUT2D eigenvalue weighted by Crippen LogP contribution is 2.45. The minimum atomic E-state index is -3.10. The molecule has 33 heavy (non-hydrogen) atoms. The molecule has 1 N–H and O–H groups in total. The maximum atomic E-state index is 13.3. The van der Waals surface area contributed by atoms with E-state index in [9.17, 15) is 9.36 Å². The van der Waals surface area contributed by atoms with E-state index in [1.165, 1.54) is 0 Å². The zero-order valence-electron chi connectivity index (χ0n) is 20.1. The van der Waals surface area contributed by atoms with Gasteiger partial charge >= 0.3 is 6.09 Å². The fourth-order valence-corrected chi connectivity index (χ4v) is 5.96. The van der Waals surface area contributed by atoms with Gasteiger partial charge < -0.3 is 19.3 Å². The van der Waals surface area contributed by atoms with Crippen molar-refractivity contribution in [2.45, 2.75) is 70.9 Å². The molecule has 2 aromatic rings. The van der Waals surface area contributed by atoms with Gasteiger partial charge in [0.2, 0.25) is 0 Å². The van der Waals surface area contributed by atoms with Crippen molar-refractivity contribution in [3.8, 4) is 5.75 Å². The second-order valence-electron chi connectivity index (χ2n) is 9.64. The Morgan fingerprint density at radius 3 is 2.24 bits per heavy atom. The van der Waals surface area contributed by atoms with Crippen LogP contribution in [0.2, 0.25) is 0 Å². The van der Waals surface area contributed by atoms with Gasteiger partial charge in [0.1, 0.15) is 11.4 Å². The molecule has 1 aliphatic carbocycles. The van der Waals surface area contributed by atoms with Crippen molar-refractivity contribution >= 4 is 18.8 Å². The molecule has 1 unspecified atom stereocenters. The second kappa shape index (κ2) is 10.8. The lowest BCUT2D eigenvalue weighted by Gasteiger charge is -2.32. The first kappa shape index (κ1) is 25.3. The second-order valence-corrected chi connectivity index (χ2v) is 12.0. The molecule has 6 nitrogen and oxygen atoms in total. The fourth-order valence-electron chi connectivity index (χ4n) is 4.22. The third-order valence-corrected chi connectivity index (χ3v) is 7.91. The van der Waals surface area contributed by atoms with E-state index in [1.807, 2.05) is 82.3 Å². The van der Waals surface area contributed by atoms with Gasteiger partial charge in [-0.25, -0.2) is 4.79 Å². The Morgan fingerprint density at radius 1 is 1.03 bits per heavy atom. The number of ether oxygens (including phenoxy) is 2. The Labute approximate surface area is 197 Å². The number of rotatable bonds is 9. The number of alkyl carbamates (subject to hydrolysis) is 1. The van der Waals surface area contributed by atoms with Crippen LogP contribution in [0.15, 0.2) is 54.6 Å². The highest BCUT2D eigenvalue weighted by Gasteiger charge is 2.36. The van der Waals surface area contributed by atoms with Crippen LogP contribution in [-0.4, -0.2) is 30.2 Å². The first-order valence-electron chi connectivity index (χ1n) is 11.7. The van der Waals surface area contributed by atoms with E-state index in [1.54, 1.807) is 0 Å². The lowest BCUT2D eigenvalue weighted by molar-refractivity contribution is 0.0456. The molecular formula is C26H36NO5P. The molecule has 1 fully saturated rings. The van der Waals surface area contributed by atoms with E-state index in [-0.39, 0.29) is 18.0 Å². The van der Waals surface area contributed by atoms with Crippen molar-refractivity contribution in [1.82, 2.24) is 5.32 Å². The Balaban J connectivity index is 1.64. The van der Waals surface area contributed by atoms with E-state index < -0.39 is 13.0 Å². The van der Waals surface area contributed by atoms with Gasteiger partial charge in [-0.2, -0.15) is 0 Å². The Bertz CT molecular complexity index is 947. The van der Waals surface area contributed by atoms with E-state index in [4.69, 9.17) is 14.0 Å². The summed E-state index contributed by atoms with van der Waals surface area (Å²) in [6, 6.07) is 17.0. The third kappa shape index (κ3) is 7.35. The summed E-state index contributed by atoms with van der Waals surface area (Å²) in [5, 5.41) is 3.80. The zero-order chi connectivity index (χ0) is 24.0. The number of carbonyl (C=O) groups is 1. The van der Waals surface area contributed by atoms with Gasteiger partial charge in [-0.1, -0.05) is 43.2 Å². The molecule has 1 atom stereocenters. The van der Waals surface area contributed by atoms with Gasteiger partial charge in [0.25, 0.3) is 7.37 Å². The quantitative estimate of drug-likeness (QED) is 0.449. The summed E-state index contributed by atoms with van der Waals surface area (Å²) in [5.41, 5.74) is 0.294. The van der Waals surface area contributed by atoms with Gasteiger partial charge in [0.15, 0.2) is 6.35 Å². The first-order valence-corrected chi connectivity index (χ1v) is 13.5. The van der Waals surface area contributed by atoms with Crippen LogP contribution < -0.4 is 15.4 Å². The average Bonchev–Trinajstić information content (AvgIpc) is 3.20. The van der Waals surface area contributed by atoms with Crippen molar-refractivity contribution in [2.24, 2.45) is 0 Å². The van der Waals surface area contributed by atoms with Crippen molar-refractivity contribution in [1.29, 1.82) is 0 Å². The van der Waals surface area contributed by atoms with Crippen LogP contribution in [-0.2, 0) is 20.2 Å². The maximum Gasteiger partial charge on any atom is 0.408 e. The number of hydrogen-bond acceptors (Lipinski definition) is 5. The molecule has 1 amide bonds. The molecule has 0 spiro atoms. The Kier molecular flexibility index (Phi) is 8.25. The highest BCUT2D eigenvalue weighted by atomic mass is 31.2. The predicted octanol–water partition coefficient (Wildman–Crippen LogP) is 6.04. The number of carbonyl (C=O) groups excluding carboxylic acids is 1. The smallest absolute Gasteiger partial charge is 0.408 e. The lowest BCUT2D eigenvalue weighted by atomic mass is 9.89. The summed E-state index contributed by atoms with van der Waals surface area (Å²) in [4.78, 5) is 12.4. The van der Waals surface area contributed by atoms with E-state index in [0.717, 1.165) is 37.7 Å². The van der Waals surface area contributed by atoms with Crippen LogP contribution in [0.1, 0.15) is 58.9 Å². The van der Waals surface area contributed by atoms with E-state index in [0.29, 0.717) is 17.7 Å². The van der Waals surface area contributed by atoms with Gasteiger partial charge in [-0.15, -0.1) is 0 Å². The minimum Gasteiger partial charge on any atom is -0.483 e. The number of hydrogen-bond donors (Lipinski definition) is 1. The summed E-state index contributed by atoms with van der Waals surface area (Å²) in [6.07, 6.45) is 4.38. The highest BCUT2D eigenvalue weighted by molar-refractivity contribution is 7.66. The van der Waals surface area contributed by atoms with Crippen LogP contribution in [0, 0.1) is 0 Å². The molecule has 3 rings (SSSR count). The first-order chi connectivity index (χ1) is 15.6. The van der Waals surface area contributed by atoms with Crippen LogP contribution >= 0.6 is 7.37 Å². The molecule has 2 aromatic carbocycles. The van der Waals surface area contributed by atoms with Crippen LogP contribution in [0.4, 0.5) is 4.79 Å². The van der Waals surface area contributed by atoms with Gasteiger partial charge in [-0.05, 0) is 76.8 Å². The molecule has 0 radical (unpaired) electrons. The summed E-state index contributed by atoms with van der Waals surface area (Å²) in [7, 11) is -3.10. The van der Waals surface area contributed by atoms with Crippen molar-refractivity contribution in [3.63, 3.8) is 0 Å². The Hall–Kier alpha value is -2.30. The standard InChI is InChI=1S/C26H36NO5P/c1-5-31-33(29,23-11-7-6-8-12-23)20-30-22-15-13-21(14-16-22)19-26(17-9-10-18-26)27-24(28)32-25(2,3)4/h6-8,11-16H,5,9-10,17-20H2,1-4H3,(H,27,28). The van der Waals surface area contributed by atoms with E-state index >= 15 is 0 Å². The topological polar surface area (TPSA) is 73.9 Å². The van der Waals surface area contributed by atoms with Crippen molar-refractivity contribution in [3.05, 3.63) is 60.2 Å². The largest absolute Gasteiger partial charge is 0.483 e. The molecule has 0 bridgehead atoms. The van der Waals surface area contributed by atoms with Crippen molar-refractivity contribution in [2.75, 3.05) is 13.0 Å². The lowest BCUT2D eigenvalue weighted by Crippen LogP contribution is -2.49. The Morgan fingerprint density at radius 2 is 1.67 bits per heavy atom. The van der Waals surface area contributed by atoms with Gasteiger partial charge in [0, 0.05) is 10.8 Å². The monoisotopic (exact) mass is 473 g/mol. The van der Waals surface area contributed by atoms with E-state index in [2.05, 4.69) is 5.32 Å². The molecule has 0 aromatic heterocycles. The fraction of sp³-hybridized carbons (Fsp3) is 0.500. The van der Waals surface area contributed by atoms with Gasteiger partial charge in [0.05, 0.1) is 6.61 Å². The van der Waals surface area contributed by atoms with Crippen LogP contribution in [0.25, 0.3) is 0 Å². The molecule has 0 saturated heterocycles. The predicted molar refractivity (Wildman–Crippen MR) is 132 cm³/mol. The molecule has 180 valence electrons. The number of benzene rings is 2. The molecule has 0 heterocycles. The molecule has 0 aliphatic heterocycles. The summed E-state index contributed by atoms with van der Waals surface area (Å²) < 4.78 is 30.3. The normalized spacial score (nSPS) is 17.2. The number of amides is 1. The van der Waals surface area contributed by atoms with Crippen LogP contribution in [0.5, 0.6) is 5.75 Å². The summed E-state index contributed by atoms with van der Waals surface area (Å²) in [6.45, 7) is 7.79. The SMILES string of the molecule is CCOP(=O)(COc1ccc(CC2(NC(=O)OC(C)(C)C)CCCC2)cc1)c1ccccc1. The van der Waals surface area contributed by atoms with Crippen molar-refractivity contribution < 1.29 is 23.4 Å². The van der Waals surface area contributed by atoms with Gasteiger partial charge in [-0.3, -0.25) is 4.57 Å². The molecular weight excluding hydrogens is 437 g/mol. The summed E-state index contributed by atoms with van der Waals surface area (Å²) >= 11 is 0. The maximum absolute atomic E-state index is 13.3. The molecule has 1 saturated carbocycles. The average molecular weight is 474 g/mol. The van der Waals surface area contributed by atoms with Crippen LogP contribution in [0.3, 0.4) is 0 Å². The zero-order valence-corrected chi connectivity index (χ0v) is 21.0. The number of nitrogens with one attached hydrogen (secondary N) is 1. The molecule has 1 aliphatic rings. The summed E-state index contributed by atoms with van der Waals surface area (Å²) in [5.74, 6) is 0.634. The molecule has 7 heteroatoms. The minimum absolute atomic E-state index is 0.0195. The third-order valence-electron chi connectivity index (χ3n) is 5.68.